The monoisotopic (exact) mass is 334 g/mol. The van der Waals surface area contributed by atoms with Gasteiger partial charge in [-0.25, -0.2) is 8.42 Å². The summed E-state index contributed by atoms with van der Waals surface area (Å²) < 4.78 is 34.0. The van der Waals surface area contributed by atoms with Crippen molar-refractivity contribution >= 4 is 15.6 Å². The molecule has 0 aliphatic rings. The third-order valence-electron chi connectivity index (χ3n) is 3.31. The van der Waals surface area contributed by atoms with Crippen molar-refractivity contribution in [3.63, 3.8) is 0 Å². The number of Topliss-reactive ketones (excluding diaryl/α,β-unsaturated/α-hetero) is 1. The lowest BCUT2D eigenvalue weighted by atomic mass is 10.1. The number of benzene rings is 2. The maximum Gasteiger partial charge on any atom is 0.175 e. The van der Waals surface area contributed by atoms with Crippen LogP contribution >= 0.6 is 0 Å². The van der Waals surface area contributed by atoms with Crippen LogP contribution in [0.15, 0.2) is 47.4 Å². The SMILES string of the molecule is COc1ccc(C(C)=O)cc1COc1cccc(S(C)(=O)=O)c1. The Morgan fingerprint density at radius 2 is 1.87 bits per heavy atom. The lowest BCUT2D eigenvalue weighted by molar-refractivity contribution is 0.101. The molecule has 6 heteroatoms. The number of carbonyl (C=O) groups is 1. The van der Waals surface area contributed by atoms with Gasteiger partial charge in [-0.05, 0) is 43.3 Å². The minimum atomic E-state index is -3.29. The molecule has 0 spiro atoms. The average Bonchev–Trinajstić information content (AvgIpc) is 2.52. The number of sulfone groups is 1. The highest BCUT2D eigenvalue weighted by molar-refractivity contribution is 7.90. The highest BCUT2D eigenvalue weighted by Crippen LogP contribution is 2.23. The van der Waals surface area contributed by atoms with Crippen molar-refractivity contribution < 1.29 is 22.7 Å². The highest BCUT2D eigenvalue weighted by Gasteiger charge is 2.10. The first kappa shape index (κ1) is 17.0. The molecular formula is C17H18O5S. The van der Waals surface area contributed by atoms with Crippen LogP contribution in [0.1, 0.15) is 22.8 Å². The highest BCUT2D eigenvalue weighted by atomic mass is 32.2. The Morgan fingerprint density at radius 3 is 2.48 bits per heavy atom. The second kappa shape index (κ2) is 6.83. The maximum atomic E-state index is 11.6. The quantitative estimate of drug-likeness (QED) is 0.760. The zero-order valence-electron chi connectivity index (χ0n) is 13.2. The number of rotatable bonds is 6. The molecule has 0 amide bonds. The molecule has 23 heavy (non-hydrogen) atoms. The Bertz CT molecular complexity index is 825. The van der Waals surface area contributed by atoms with Crippen molar-refractivity contribution in [1.29, 1.82) is 0 Å². The summed E-state index contributed by atoms with van der Waals surface area (Å²) in [6.07, 6.45) is 1.14. The van der Waals surface area contributed by atoms with E-state index in [1.165, 1.54) is 26.2 Å². The Balaban J connectivity index is 2.24. The fourth-order valence-electron chi connectivity index (χ4n) is 2.07. The molecule has 0 bridgehead atoms. The van der Waals surface area contributed by atoms with Gasteiger partial charge in [-0.1, -0.05) is 6.07 Å². The normalized spacial score (nSPS) is 11.1. The van der Waals surface area contributed by atoms with Crippen LogP contribution < -0.4 is 9.47 Å². The maximum absolute atomic E-state index is 11.6. The van der Waals surface area contributed by atoms with Crippen molar-refractivity contribution in [3.8, 4) is 11.5 Å². The van der Waals surface area contributed by atoms with Crippen LogP contribution in [0, 0.1) is 0 Å². The summed E-state index contributed by atoms with van der Waals surface area (Å²) in [7, 11) is -1.75. The Morgan fingerprint density at radius 1 is 1.13 bits per heavy atom. The number of carbonyl (C=O) groups excluding carboxylic acids is 1. The molecule has 0 aliphatic heterocycles. The summed E-state index contributed by atoms with van der Waals surface area (Å²) in [6, 6.07) is 11.4. The fraction of sp³-hybridized carbons (Fsp3) is 0.235. The lowest BCUT2D eigenvalue weighted by Crippen LogP contribution is -2.03. The van der Waals surface area contributed by atoms with E-state index in [0.29, 0.717) is 22.6 Å². The van der Waals surface area contributed by atoms with E-state index in [-0.39, 0.29) is 17.3 Å². The van der Waals surface area contributed by atoms with E-state index in [9.17, 15) is 13.2 Å². The van der Waals surface area contributed by atoms with Crippen LogP contribution in [-0.2, 0) is 16.4 Å². The molecule has 2 aromatic rings. The smallest absolute Gasteiger partial charge is 0.175 e. The summed E-state index contributed by atoms with van der Waals surface area (Å²) >= 11 is 0. The third-order valence-corrected chi connectivity index (χ3v) is 4.43. The largest absolute Gasteiger partial charge is 0.496 e. The molecule has 0 N–H and O–H groups in total. The molecule has 0 aromatic heterocycles. The number of ether oxygens (including phenoxy) is 2. The van der Waals surface area contributed by atoms with E-state index < -0.39 is 9.84 Å². The molecule has 0 fully saturated rings. The first-order valence-electron chi connectivity index (χ1n) is 6.92. The van der Waals surface area contributed by atoms with Gasteiger partial charge >= 0.3 is 0 Å². The van der Waals surface area contributed by atoms with Crippen molar-refractivity contribution in [2.45, 2.75) is 18.4 Å². The van der Waals surface area contributed by atoms with Crippen LogP contribution in [-0.4, -0.2) is 27.6 Å². The second-order valence-electron chi connectivity index (χ2n) is 5.12. The van der Waals surface area contributed by atoms with Crippen molar-refractivity contribution in [1.82, 2.24) is 0 Å². The molecule has 122 valence electrons. The van der Waals surface area contributed by atoms with E-state index in [1.807, 2.05) is 0 Å². The predicted octanol–water partition coefficient (Wildman–Crippen LogP) is 2.88. The number of ketones is 1. The van der Waals surface area contributed by atoms with E-state index in [0.717, 1.165) is 6.26 Å². The van der Waals surface area contributed by atoms with E-state index >= 15 is 0 Å². The summed E-state index contributed by atoms with van der Waals surface area (Å²) in [6.45, 7) is 1.65. The number of hydrogen-bond donors (Lipinski definition) is 0. The summed E-state index contributed by atoms with van der Waals surface area (Å²) in [5.74, 6) is 0.991. The first-order valence-corrected chi connectivity index (χ1v) is 8.81. The molecule has 5 nitrogen and oxygen atoms in total. The van der Waals surface area contributed by atoms with Crippen molar-refractivity contribution in [2.24, 2.45) is 0 Å². The van der Waals surface area contributed by atoms with E-state index in [2.05, 4.69) is 0 Å². The molecule has 0 atom stereocenters. The molecule has 0 heterocycles. The van der Waals surface area contributed by atoms with Gasteiger partial charge < -0.3 is 9.47 Å². The summed E-state index contributed by atoms with van der Waals surface area (Å²) in [4.78, 5) is 11.7. The van der Waals surface area contributed by atoms with Gasteiger partial charge in [-0.3, -0.25) is 4.79 Å². The van der Waals surface area contributed by atoms with E-state index in [1.54, 1.807) is 30.3 Å². The van der Waals surface area contributed by atoms with Crippen LogP contribution in [0.5, 0.6) is 11.5 Å². The van der Waals surface area contributed by atoms with Gasteiger partial charge in [0.1, 0.15) is 18.1 Å². The van der Waals surface area contributed by atoms with Gasteiger partial charge in [0.15, 0.2) is 15.6 Å². The van der Waals surface area contributed by atoms with Crippen LogP contribution in [0.2, 0.25) is 0 Å². The van der Waals surface area contributed by atoms with Gasteiger partial charge in [0, 0.05) is 17.4 Å². The molecule has 2 aromatic carbocycles. The molecule has 0 saturated carbocycles. The Hall–Kier alpha value is -2.34. The molecule has 0 aliphatic carbocycles. The van der Waals surface area contributed by atoms with Crippen LogP contribution in [0.25, 0.3) is 0 Å². The van der Waals surface area contributed by atoms with Crippen molar-refractivity contribution in [3.05, 3.63) is 53.6 Å². The molecular weight excluding hydrogens is 316 g/mol. The van der Waals surface area contributed by atoms with Gasteiger partial charge in [0.2, 0.25) is 0 Å². The number of hydrogen-bond acceptors (Lipinski definition) is 5. The minimum Gasteiger partial charge on any atom is -0.496 e. The van der Waals surface area contributed by atoms with Crippen LogP contribution in [0.3, 0.4) is 0 Å². The van der Waals surface area contributed by atoms with Crippen molar-refractivity contribution in [2.75, 3.05) is 13.4 Å². The topological polar surface area (TPSA) is 69.7 Å². The average molecular weight is 334 g/mol. The summed E-state index contributed by atoms with van der Waals surface area (Å²) in [5, 5.41) is 0. The first-order chi connectivity index (χ1) is 10.8. The zero-order valence-corrected chi connectivity index (χ0v) is 14.0. The van der Waals surface area contributed by atoms with Crippen LogP contribution in [0.4, 0.5) is 0 Å². The predicted molar refractivity (Wildman–Crippen MR) is 86.9 cm³/mol. The molecule has 0 unspecified atom stereocenters. The van der Waals surface area contributed by atoms with Gasteiger partial charge in [-0.15, -0.1) is 0 Å². The summed E-state index contributed by atoms with van der Waals surface area (Å²) in [5.41, 5.74) is 1.28. The molecule has 0 saturated heterocycles. The minimum absolute atomic E-state index is 0.0482. The zero-order chi connectivity index (χ0) is 17.0. The molecule has 2 rings (SSSR count). The Kier molecular flexibility index (Phi) is 5.05. The van der Waals surface area contributed by atoms with Gasteiger partial charge in [0.25, 0.3) is 0 Å². The molecule has 0 radical (unpaired) electrons. The van der Waals surface area contributed by atoms with Gasteiger partial charge in [-0.2, -0.15) is 0 Å². The second-order valence-corrected chi connectivity index (χ2v) is 7.13. The number of methoxy groups -OCH3 is 1. The standard InChI is InChI=1S/C17H18O5S/c1-12(18)13-7-8-17(21-2)14(9-13)11-22-15-5-4-6-16(10-15)23(3,19)20/h4-10H,11H2,1-3H3. The fourth-order valence-corrected chi connectivity index (χ4v) is 2.72. The van der Waals surface area contributed by atoms with Gasteiger partial charge in [0.05, 0.1) is 12.0 Å². The lowest BCUT2D eigenvalue weighted by Gasteiger charge is -2.12. The van der Waals surface area contributed by atoms with E-state index in [4.69, 9.17) is 9.47 Å². The third kappa shape index (κ3) is 4.32. The Labute approximate surface area is 135 Å².